The summed E-state index contributed by atoms with van der Waals surface area (Å²) in [5.74, 6) is 0.681. The van der Waals surface area contributed by atoms with Crippen LogP contribution in [0.5, 0.6) is 5.75 Å². The van der Waals surface area contributed by atoms with E-state index >= 15 is 0 Å². The van der Waals surface area contributed by atoms with E-state index in [0.717, 1.165) is 36.6 Å². The predicted octanol–water partition coefficient (Wildman–Crippen LogP) is 2.96. The zero-order valence-corrected chi connectivity index (χ0v) is 17.4. The number of para-hydroxylation sites is 2. The Morgan fingerprint density at radius 3 is 2.24 bits per heavy atom. The third-order valence-corrected chi connectivity index (χ3v) is 5.39. The lowest BCUT2D eigenvalue weighted by atomic mass is 10.1. The number of hydrogen-bond donors (Lipinski definition) is 0. The van der Waals surface area contributed by atoms with Crippen molar-refractivity contribution in [2.45, 2.75) is 20.3 Å². The first kappa shape index (κ1) is 20.7. The lowest BCUT2D eigenvalue weighted by molar-refractivity contribution is -0.131. The van der Waals surface area contributed by atoms with Gasteiger partial charge in [-0.25, -0.2) is 0 Å². The number of ether oxygens (including phenoxy) is 1. The number of methoxy groups -OCH3 is 1. The van der Waals surface area contributed by atoms with Gasteiger partial charge in [0.15, 0.2) is 0 Å². The Balaban J connectivity index is 1.62. The van der Waals surface area contributed by atoms with Crippen molar-refractivity contribution in [1.29, 1.82) is 0 Å². The normalized spacial score (nSPS) is 13.9. The second kappa shape index (κ2) is 9.45. The largest absolute Gasteiger partial charge is 0.495 e. The summed E-state index contributed by atoms with van der Waals surface area (Å²) in [5.41, 5.74) is 3.01. The molecule has 1 saturated heterocycles. The molecule has 2 amide bonds. The van der Waals surface area contributed by atoms with Crippen molar-refractivity contribution in [3.05, 3.63) is 54.1 Å². The van der Waals surface area contributed by atoms with Gasteiger partial charge in [-0.15, -0.1) is 0 Å². The maximum Gasteiger partial charge on any atom is 0.242 e. The molecule has 154 valence electrons. The molecule has 0 aromatic heterocycles. The first-order chi connectivity index (χ1) is 14.0. The van der Waals surface area contributed by atoms with Gasteiger partial charge in [0, 0.05) is 38.8 Å². The molecule has 0 aliphatic carbocycles. The Morgan fingerprint density at radius 2 is 1.66 bits per heavy atom. The van der Waals surface area contributed by atoms with Gasteiger partial charge in [-0.1, -0.05) is 31.2 Å². The van der Waals surface area contributed by atoms with Gasteiger partial charge < -0.3 is 19.4 Å². The first-order valence-electron chi connectivity index (χ1n) is 10.1. The minimum absolute atomic E-state index is 0.0283. The molecule has 6 heteroatoms. The predicted molar refractivity (Wildman–Crippen MR) is 116 cm³/mol. The summed E-state index contributed by atoms with van der Waals surface area (Å²) >= 11 is 0. The van der Waals surface area contributed by atoms with Crippen molar-refractivity contribution in [3.63, 3.8) is 0 Å². The quantitative estimate of drug-likeness (QED) is 0.755. The number of hydrogen-bond acceptors (Lipinski definition) is 4. The maximum absolute atomic E-state index is 12.9. The van der Waals surface area contributed by atoms with Crippen LogP contribution in [0.4, 0.5) is 11.4 Å². The van der Waals surface area contributed by atoms with Crippen molar-refractivity contribution in [2.24, 2.45) is 0 Å². The second-order valence-electron chi connectivity index (χ2n) is 7.16. The van der Waals surface area contributed by atoms with E-state index in [1.54, 1.807) is 12.0 Å². The van der Waals surface area contributed by atoms with Crippen LogP contribution in [0.25, 0.3) is 0 Å². The maximum atomic E-state index is 12.9. The second-order valence-corrected chi connectivity index (χ2v) is 7.16. The minimum atomic E-state index is -0.129. The molecule has 0 unspecified atom stereocenters. The van der Waals surface area contributed by atoms with Gasteiger partial charge in [0.25, 0.3) is 0 Å². The molecule has 0 saturated carbocycles. The summed E-state index contributed by atoms with van der Waals surface area (Å²) in [6.07, 6.45) is 0.940. The summed E-state index contributed by atoms with van der Waals surface area (Å²) < 4.78 is 5.45. The number of nitrogens with zero attached hydrogens (tertiary/aromatic N) is 3. The Kier molecular flexibility index (Phi) is 6.75. The van der Waals surface area contributed by atoms with E-state index in [9.17, 15) is 9.59 Å². The number of amides is 2. The highest BCUT2D eigenvalue weighted by atomic mass is 16.5. The van der Waals surface area contributed by atoms with Gasteiger partial charge in [0.2, 0.25) is 11.8 Å². The average Bonchev–Trinajstić information content (AvgIpc) is 2.77. The van der Waals surface area contributed by atoms with Gasteiger partial charge in [-0.3, -0.25) is 9.59 Å². The highest BCUT2D eigenvalue weighted by Gasteiger charge is 2.25. The van der Waals surface area contributed by atoms with Crippen molar-refractivity contribution in [3.8, 4) is 5.75 Å². The fourth-order valence-electron chi connectivity index (χ4n) is 3.62. The number of aryl methyl sites for hydroxylation is 1. The van der Waals surface area contributed by atoms with Crippen LogP contribution in [-0.2, 0) is 16.0 Å². The Morgan fingerprint density at radius 1 is 1.00 bits per heavy atom. The van der Waals surface area contributed by atoms with Crippen LogP contribution < -0.4 is 14.5 Å². The summed E-state index contributed by atoms with van der Waals surface area (Å²) in [4.78, 5) is 30.6. The number of carbonyl (C=O) groups is 2. The van der Waals surface area contributed by atoms with Gasteiger partial charge >= 0.3 is 0 Å². The van der Waals surface area contributed by atoms with Crippen LogP contribution in [0.15, 0.2) is 48.5 Å². The Hall–Kier alpha value is -3.02. The van der Waals surface area contributed by atoms with Crippen molar-refractivity contribution < 1.29 is 14.3 Å². The fraction of sp³-hybridized carbons (Fsp3) is 0.391. The molecule has 0 bridgehead atoms. The molecule has 3 rings (SSSR count). The average molecular weight is 396 g/mol. The molecule has 1 heterocycles. The van der Waals surface area contributed by atoms with Gasteiger partial charge in [-0.2, -0.15) is 0 Å². The van der Waals surface area contributed by atoms with Crippen molar-refractivity contribution in [2.75, 3.05) is 49.6 Å². The van der Waals surface area contributed by atoms with Crippen LogP contribution >= 0.6 is 0 Å². The number of benzene rings is 2. The van der Waals surface area contributed by atoms with Crippen LogP contribution in [0.3, 0.4) is 0 Å². The highest BCUT2D eigenvalue weighted by Crippen LogP contribution is 2.28. The lowest BCUT2D eigenvalue weighted by Gasteiger charge is -2.37. The SMILES string of the molecule is CCc1ccc(N(CC(=O)N2CCN(c3ccccc3OC)CC2)C(C)=O)cc1. The highest BCUT2D eigenvalue weighted by molar-refractivity contribution is 5.97. The van der Waals surface area contributed by atoms with E-state index < -0.39 is 0 Å². The van der Waals surface area contributed by atoms with E-state index in [0.29, 0.717) is 13.1 Å². The number of anilines is 2. The lowest BCUT2D eigenvalue weighted by Crippen LogP contribution is -2.52. The van der Waals surface area contributed by atoms with E-state index in [4.69, 9.17) is 4.74 Å². The van der Waals surface area contributed by atoms with Crippen LogP contribution in [0, 0.1) is 0 Å². The zero-order chi connectivity index (χ0) is 20.8. The summed E-state index contributed by atoms with van der Waals surface area (Å²) in [6.45, 7) is 6.37. The molecule has 6 nitrogen and oxygen atoms in total. The number of piperazine rings is 1. The molecular weight excluding hydrogens is 366 g/mol. The molecule has 0 atom stereocenters. The van der Waals surface area contributed by atoms with E-state index in [1.807, 2.05) is 53.4 Å². The molecule has 2 aromatic carbocycles. The van der Waals surface area contributed by atoms with Gasteiger partial charge in [0.05, 0.1) is 12.8 Å². The molecular formula is C23H29N3O3. The Bertz CT molecular complexity index is 843. The molecule has 0 spiro atoms. The topological polar surface area (TPSA) is 53.1 Å². The number of carbonyl (C=O) groups excluding carboxylic acids is 2. The van der Waals surface area contributed by atoms with Crippen LogP contribution in [0.1, 0.15) is 19.4 Å². The molecule has 0 N–H and O–H groups in total. The third kappa shape index (κ3) is 4.88. The van der Waals surface area contributed by atoms with E-state index in [2.05, 4.69) is 11.8 Å². The Labute approximate surface area is 172 Å². The smallest absolute Gasteiger partial charge is 0.242 e. The van der Waals surface area contributed by atoms with E-state index in [-0.39, 0.29) is 18.4 Å². The zero-order valence-electron chi connectivity index (χ0n) is 17.4. The first-order valence-corrected chi connectivity index (χ1v) is 10.1. The summed E-state index contributed by atoms with van der Waals surface area (Å²) in [6, 6.07) is 15.7. The monoisotopic (exact) mass is 395 g/mol. The fourth-order valence-corrected chi connectivity index (χ4v) is 3.62. The standard InChI is InChI=1S/C23H29N3O3/c1-4-19-9-11-20(12-10-19)26(18(2)27)17-23(28)25-15-13-24(14-16-25)21-7-5-6-8-22(21)29-3/h5-12H,4,13-17H2,1-3H3. The van der Waals surface area contributed by atoms with Gasteiger partial charge in [-0.05, 0) is 36.2 Å². The van der Waals surface area contributed by atoms with Gasteiger partial charge in [0.1, 0.15) is 12.3 Å². The molecule has 29 heavy (non-hydrogen) atoms. The summed E-state index contributed by atoms with van der Waals surface area (Å²) in [7, 11) is 1.67. The van der Waals surface area contributed by atoms with Crippen LogP contribution in [-0.4, -0.2) is 56.5 Å². The molecule has 2 aromatic rings. The van der Waals surface area contributed by atoms with E-state index in [1.165, 1.54) is 12.5 Å². The third-order valence-electron chi connectivity index (χ3n) is 5.39. The van der Waals surface area contributed by atoms with Crippen LogP contribution in [0.2, 0.25) is 0 Å². The minimum Gasteiger partial charge on any atom is -0.495 e. The van der Waals surface area contributed by atoms with Crippen molar-refractivity contribution >= 4 is 23.2 Å². The molecule has 0 radical (unpaired) electrons. The summed E-state index contributed by atoms with van der Waals surface area (Å²) in [5, 5.41) is 0. The molecule has 1 aliphatic rings. The molecule has 1 fully saturated rings. The van der Waals surface area contributed by atoms with Crippen molar-refractivity contribution in [1.82, 2.24) is 4.90 Å². The molecule has 1 aliphatic heterocycles. The number of rotatable bonds is 6.